The first-order valence-electron chi connectivity index (χ1n) is 10.2. The molecule has 2 aromatic carbocycles. The van der Waals surface area contributed by atoms with E-state index in [1.54, 1.807) is 48.9 Å². The number of methoxy groups -OCH3 is 1. The molecule has 0 aliphatic rings. The van der Waals surface area contributed by atoms with Crippen LogP contribution in [0.5, 0.6) is 5.75 Å². The summed E-state index contributed by atoms with van der Waals surface area (Å²) in [6.07, 6.45) is 2.58. The Balaban J connectivity index is 1.70. The lowest BCUT2D eigenvalue weighted by Crippen LogP contribution is -2.13. The van der Waals surface area contributed by atoms with Gasteiger partial charge >= 0.3 is 0 Å². The van der Waals surface area contributed by atoms with Gasteiger partial charge in [-0.2, -0.15) is 0 Å². The molecule has 2 aromatic heterocycles. The van der Waals surface area contributed by atoms with Crippen LogP contribution >= 0.6 is 11.3 Å². The molecule has 0 fully saturated rings. The van der Waals surface area contributed by atoms with Crippen LogP contribution in [0.4, 0.5) is 5.82 Å². The Hall–Kier alpha value is -3.16. The Kier molecular flexibility index (Phi) is 6.30. The van der Waals surface area contributed by atoms with Gasteiger partial charge in [0.25, 0.3) is 0 Å². The van der Waals surface area contributed by atoms with E-state index in [2.05, 4.69) is 47.6 Å². The van der Waals surface area contributed by atoms with Gasteiger partial charge in [0.15, 0.2) is 0 Å². The highest BCUT2D eigenvalue weighted by molar-refractivity contribution is 8.01. The van der Waals surface area contributed by atoms with Crippen molar-refractivity contribution in [1.29, 1.82) is 0 Å². The Labute approximate surface area is 193 Å². The maximum absolute atomic E-state index is 13.3. The number of nitrogens with one attached hydrogen (secondary N) is 1. The van der Waals surface area contributed by atoms with Crippen molar-refractivity contribution >= 4 is 32.7 Å². The third kappa shape index (κ3) is 4.69. The quantitative estimate of drug-likeness (QED) is 0.349. The molecule has 32 heavy (non-hydrogen) atoms. The lowest BCUT2D eigenvalue weighted by Gasteiger charge is -2.13. The highest BCUT2D eigenvalue weighted by Crippen LogP contribution is 2.38. The highest BCUT2D eigenvalue weighted by Gasteiger charge is 2.16. The maximum atomic E-state index is 13.3. The van der Waals surface area contributed by atoms with Gasteiger partial charge in [0, 0.05) is 16.7 Å². The van der Waals surface area contributed by atoms with E-state index >= 15 is 0 Å². The van der Waals surface area contributed by atoms with Crippen molar-refractivity contribution < 1.29 is 8.95 Å². The van der Waals surface area contributed by atoms with Gasteiger partial charge < -0.3 is 4.74 Å². The molecule has 2 heterocycles. The second kappa shape index (κ2) is 9.14. The third-order valence-corrected chi connectivity index (χ3v) is 7.82. The van der Waals surface area contributed by atoms with Gasteiger partial charge in [0.2, 0.25) is 0 Å². The number of benzene rings is 2. The van der Waals surface area contributed by atoms with Crippen LogP contribution in [0.25, 0.3) is 21.7 Å². The smallest absolute Gasteiger partial charge is 0.138 e. The van der Waals surface area contributed by atoms with E-state index in [1.807, 2.05) is 18.2 Å². The first-order chi connectivity index (χ1) is 15.4. The van der Waals surface area contributed by atoms with Crippen molar-refractivity contribution in [1.82, 2.24) is 9.97 Å². The minimum absolute atomic E-state index is 0.500. The normalized spacial score (nSPS) is 12.8. The minimum Gasteiger partial charge on any atom is -0.497 e. The summed E-state index contributed by atoms with van der Waals surface area (Å²) in [7, 11) is -1.19. The van der Waals surface area contributed by atoms with E-state index < -0.39 is 9.71 Å². The van der Waals surface area contributed by atoms with Gasteiger partial charge in [-0.15, -0.1) is 11.3 Å². The van der Waals surface area contributed by atoms with E-state index in [0.717, 1.165) is 33.1 Å². The van der Waals surface area contributed by atoms with Crippen LogP contribution in [-0.4, -0.2) is 27.2 Å². The van der Waals surface area contributed by atoms with Gasteiger partial charge in [-0.1, -0.05) is 30.7 Å². The van der Waals surface area contributed by atoms with Crippen molar-refractivity contribution in [2.75, 3.05) is 11.8 Å². The molecule has 0 aliphatic heterocycles. The first kappa shape index (κ1) is 22.0. The first-order valence-corrected chi connectivity index (χ1v) is 12.8. The number of pyridine rings is 1. The van der Waals surface area contributed by atoms with Gasteiger partial charge in [-0.3, -0.25) is 4.72 Å². The lowest BCUT2D eigenvalue weighted by atomic mass is 10.1. The molecule has 0 aliphatic carbocycles. The zero-order valence-corrected chi connectivity index (χ0v) is 19.9. The SMILES string of the molecule is C=S(=O)(Nc1cc(-c2sc(CC)nc2-c2cccc(C)c2)ccn1)c1ccc(OC)cc1. The van der Waals surface area contributed by atoms with Crippen molar-refractivity contribution in [3.63, 3.8) is 0 Å². The summed E-state index contributed by atoms with van der Waals surface area (Å²) >= 11 is 1.67. The number of thiazole rings is 1. The standard InChI is InChI=1S/C25H25N3O2S2/c1-5-23-27-24(18-8-6-7-17(2)15-18)25(31-23)19-13-14-26-22(16-19)28-32(4,29)21-11-9-20(30-3)10-12-21/h6-16H,4-5H2,1-3H3,(H,26,28,29). The van der Waals surface area contributed by atoms with Gasteiger partial charge in [-0.25, -0.2) is 14.2 Å². The number of nitrogens with zero attached hydrogens (tertiary/aromatic N) is 2. The molecule has 5 nitrogen and oxygen atoms in total. The molecule has 0 spiro atoms. The number of hydrogen-bond acceptors (Lipinski definition) is 5. The fourth-order valence-electron chi connectivity index (χ4n) is 3.35. The predicted octanol–water partition coefficient (Wildman–Crippen LogP) is 5.85. The number of anilines is 1. The van der Waals surface area contributed by atoms with Crippen LogP contribution in [0.15, 0.2) is 71.8 Å². The largest absolute Gasteiger partial charge is 0.497 e. The summed E-state index contributed by atoms with van der Waals surface area (Å²) in [6, 6.07) is 19.2. The molecule has 1 N–H and O–H groups in total. The van der Waals surface area contributed by atoms with E-state index in [4.69, 9.17) is 9.72 Å². The summed E-state index contributed by atoms with van der Waals surface area (Å²) in [4.78, 5) is 10.9. The Morgan fingerprint density at radius 3 is 2.56 bits per heavy atom. The topological polar surface area (TPSA) is 64.1 Å². The molecule has 0 radical (unpaired) electrons. The average Bonchev–Trinajstić information content (AvgIpc) is 3.24. The van der Waals surface area contributed by atoms with Crippen molar-refractivity contribution in [2.45, 2.75) is 25.2 Å². The Morgan fingerprint density at radius 1 is 1.09 bits per heavy atom. The average molecular weight is 464 g/mol. The molecule has 164 valence electrons. The molecule has 4 rings (SSSR count). The monoisotopic (exact) mass is 463 g/mol. The summed E-state index contributed by atoms with van der Waals surface area (Å²) in [5, 5.41) is 1.07. The van der Waals surface area contributed by atoms with Gasteiger partial charge in [0.1, 0.15) is 11.6 Å². The molecule has 1 unspecified atom stereocenters. The molecule has 4 aromatic rings. The molecule has 7 heteroatoms. The van der Waals surface area contributed by atoms with Gasteiger partial charge in [-0.05, 0) is 67.2 Å². The molecule has 0 bridgehead atoms. The molecular weight excluding hydrogens is 438 g/mol. The molecule has 0 amide bonds. The van der Waals surface area contributed by atoms with E-state index in [0.29, 0.717) is 16.5 Å². The second-order valence-corrected chi connectivity index (χ2v) is 10.5. The zero-order valence-electron chi connectivity index (χ0n) is 18.3. The van der Waals surface area contributed by atoms with Crippen LogP contribution < -0.4 is 9.46 Å². The van der Waals surface area contributed by atoms with Crippen LogP contribution in [-0.2, 0) is 16.1 Å². The molecule has 0 saturated heterocycles. The number of ether oxygens (including phenoxy) is 1. The van der Waals surface area contributed by atoms with E-state index in [-0.39, 0.29) is 0 Å². The van der Waals surface area contributed by atoms with Crippen molar-refractivity contribution in [3.8, 4) is 27.4 Å². The highest BCUT2D eigenvalue weighted by atomic mass is 32.2. The van der Waals surface area contributed by atoms with Crippen LogP contribution in [0.3, 0.4) is 0 Å². The number of aromatic nitrogens is 2. The molecular formula is C25H25N3O2S2. The zero-order chi connectivity index (χ0) is 22.7. The van der Waals surface area contributed by atoms with Crippen molar-refractivity contribution in [2.24, 2.45) is 0 Å². The van der Waals surface area contributed by atoms with E-state index in [1.165, 1.54) is 5.56 Å². The minimum atomic E-state index is -2.78. The fraction of sp³-hybridized carbons (Fsp3) is 0.160. The Bertz CT molecular complexity index is 1340. The summed E-state index contributed by atoms with van der Waals surface area (Å²) < 4.78 is 21.5. The Morgan fingerprint density at radius 2 is 1.88 bits per heavy atom. The second-order valence-electron chi connectivity index (χ2n) is 7.39. The van der Waals surface area contributed by atoms with Gasteiger partial charge in [0.05, 0.1) is 32.4 Å². The van der Waals surface area contributed by atoms with Crippen LogP contribution in [0.2, 0.25) is 0 Å². The number of hydrogen-bond donors (Lipinski definition) is 1. The lowest BCUT2D eigenvalue weighted by molar-refractivity contribution is 0.414. The summed E-state index contributed by atoms with van der Waals surface area (Å²) in [6.45, 7) is 4.18. The summed E-state index contributed by atoms with van der Waals surface area (Å²) in [5.74, 6) is 5.11. The van der Waals surface area contributed by atoms with Crippen LogP contribution in [0, 0.1) is 6.92 Å². The summed E-state index contributed by atoms with van der Waals surface area (Å²) in [5.41, 5.74) is 4.20. The maximum Gasteiger partial charge on any atom is 0.138 e. The molecule has 1 atom stereocenters. The molecule has 0 saturated carbocycles. The van der Waals surface area contributed by atoms with Crippen LogP contribution in [0.1, 0.15) is 17.5 Å². The van der Waals surface area contributed by atoms with Crippen molar-refractivity contribution in [3.05, 3.63) is 77.4 Å². The number of aryl methyl sites for hydroxylation is 2. The number of rotatable bonds is 7. The third-order valence-electron chi connectivity index (χ3n) is 5.00. The van der Waals surface area contributed by atoms with E-state index in [9.17, 15) is 4.21 Å². The fourth-order valence-corrected chi connectivity index (χ4v) is 5.52. The predicted molar refractivity (Wildman–Crippen MR) is 135 cm³/mol.